The number of rotatable bonds is 7. The summed E-state index contributed by atoms with van der Waals surface area (Å²) in [6.07, 6.45) is 5.86. The van der Waals surface area contributed by atoms with Gasteiger partial charge in [-0.2, -0.15) is 0 Å². The van der Waals surface area contributed by atoms with Crippen LogP contribution in [0, 0.1) is 6.92 Å². The van der Waals surface area contributed by atoms with Crippen LogP contribution < -0.4 is 5.32 Å². The summed E-state index contributed by atoms with van der Waals surface area (Å²) in [6.45, 7) is 3.00. The van der Waals surface area contributed by atoms with Crippen molar-refractivity contribution in [2.75, 3.05) is 13.7 Å². The number of likely N-dealkylation sites (N-methyl/N-ethyl adjacent to an activating group) is 1. The average Bonchev–Trinajstić information content (AvgIpc) is 3.38. The topological polar surface area (TPSA) is 110 Å². The number of benzene rings is 1. The van der Waals surface area contributed by atoms with Crippen LogP contribution in [0.4, 0.5) is 0 Å². The second-order valence-corrected chi connectivity index (χ2v) is 7.96. The maximum atomic E-state index is 13.0. The molecule has 0 spiro atoms. The van der Waals surface area contributed by atoms with Crippen molar-refractivity contribution < 1.29 is 14.3 Å². The molecule has 3 heterocycles. The Morgan fingerprint density at radius 2 is 1.94 bits per heavy atom. The van der Waals surface area contributed by atoms with Gasteiger partial charge in [-0.05, 0) is 25.3 Å². The van der Waals surface area contributed by atoms with Gasteiger partial charge in [0.15, 0.2) is 0 Å². The van der Waals surface area contributed by atoms with Gasteiger partial charge in [0.1, 0.15) is 23.3 Å². The molecule has 1 saturated heterocycles. The number of aromatic nitrogens is 4. The van der Waals surface area contributed by atoms with E-state index >= 15 is 0 Å². The molecule has 1 aromatic carbocycles. The minimum atomic E-state index is -0.416. The highest BCUT2D eigenvalue weighted by atomic mass is 16.5. The van der Waals surface area contributed by atoms with Crippen molar-refractivity contribution in [3.8, 4) is 11.4 Å². The smallest absolute Gasteiger partial charge is 0.255 e. The molecular formula is C24H26N6O3. The molecule has 1 aliphatic rings. The number of amides is 2. The number of nitrogens with one attached hydrogen (secondary N) is 1. The van der Waals surface area contributed by atoms with Crippen molar-refractivity contribution in [2.45, 2.75) is 39.0 Å². The Hall–Kier alpha value is -3.72. The summed E-state index contributed by atoms with van der Waals surface area (Å²) in [4.78, 5) is 44.7. The summed E-state index contributed by atoms with van der Waals surface area (Å²) in [7, 11) is 1.69. The maximum Gasteiger partial charge on any atom is 0.255 e. The molecule has 1 N–H and O–H groups in total. The van der Waals surface area contributed by atoms with E-state index in [0.717, 1.165) is 24.1 Å². The van der Waals surface area contributed by atoms with E-state index in [2.05, 4.69) is 25.3 Å². The van der Waals surface area contributed by atoms with Crippen molar-refractivity contribution in [2.24, 2.45) is 0 Å². The number of ether oxygens (including phenoxy) is 1. The molecule has 4 rings (SSSR count). The normalized spacial score (nSPS) is 15.3. The largest absolute Gasteiger partial charge is 0.368 e. The highest BCUT2D eigenvalue weighted by Crippen LogP contribution is 2.20. The quantitative estimate of drug-likeness (QED) is 0.593. The zero-order valence-corrected chi connectivity index (χ0v) is 18.7. The van der Waals surface area contributed by atoms with E-state index in [1.807, 2.05) is 37.3 Å². The third-order valence-corrected chi connectivity index (χ3v) is 5.36. The third kappa shape index (κ3) is 5.56. The van der Waals surface area contributed by atoms with E-state index in [9.17, 15) is 9.59 Å². The summed E-state index contributed by atoms with van der Waals surface area (Å²) < 4.78 is 5.49. The van der Waals surface area contributed by atoms with Crippen molar-refractivity contribution >= 4 is 11.8 Å². The van der Waals surface area contributed by atoms with Crippen LogP contribution in [0.2, 0.25) is 0 Å². The van der Waals surface area contributed by atoms with Crippen molar-refractivity contribution in [3.63, 3.8) is 0 Å². The molecule has 170 valence electrons. The van der Waals surface area contributed by atoms with Gasteiger partial charge in [0.2, 0.25) is 0 Å². The van der Waals surface area contributed by atoms with E-state index in [0.29, 0.717) is 35.9 Å². The average molecular weight is 447 g/mol. The zero-order valence-electron chi connectivity index (χ0n) is 18.7. The molecule has 2 amide bonds. The molecule has 0 aliphatic carbocycles. The Bertz CT molecular complexity index is 1110. The third-order valence-electron chi connectivity index (χ3n) is 5.36. The molecular weight excluding hydrogens is 420 g/mol. The van der Waals surface area contributed by atoms with Crippen LogP contribution in [0.1, 0.15) is 40.3 Å². The van der Waals surface area contributed by atoms with Crippen LogP contribution in [0.3, 0.4) is 0 Å². The van der Waals surface area contributed by atoms with E-state index in [-0.39, 0.29) is 18.4 Å². The van der Waals surface area contributed by atoms with Crippen LogP contribution in [-0.2, 0) is 22.6 Å². The van der Waals surface area contributed by atoms with E-state index < -0.39 is 6.10 Å². The molecule has 0 saturated carbocycles. The van der Waals surface area contributed by atoms with E-state index in [1.165, 1.54) is 6.20 Å². The predicted octanol–water partition coefficient (Wildman–Crippen LogP) is 2.31. The Balaban J connectivity index is 1.57. The van der Waals surface area contributed by atoms with E-state index in [4.69, 9.17) is 4.74 Å². The van der Waals surface area contributed by atoms with Crippen molar-refractivity contribution in [1.82, 2.24) is 30.2 Å². The van der Waals surface area contributed by atoms with Crippen molar-refractivity contribution in [1.29, 1.82) is 0 Å². The minimum absolute atomic E-state index is 0.0996. The number of carbonyl (C=O) groups excluding carboxylic acids is 2. The van der Waals surface area contributed by atoms with Crippen LogP contribution in [0.5, 0.6) is 0 Å². The van der Waals surface area contributed by atoms with Gasteiger partial charge < -0.3 is 15.0 Å². The summed E-state index contributed by atoms with van der Waals surface area (Å²) >= 11 is 0. The van der Waals surface area contributed by atoms with Gasteiger partial charge >= 0.3 is 0 Å². The number of hydrogen-bond acceptors (Lipinski definition) is 7. The highest BCUT2D eigenvalue weighted by Gasteiger charge is 2.27. The maximum absolute atomic E-state index is 13.0. The monoisotopic (exact) mass is 446 g/mol. The number of hydrogen-bond donors (Lipinski definition) is 1. The summed E-state index contributed by atoms with van der Waals surface area (Å²) in [5, 5.41) is 2.90. The van der Waals surface area contributed by atoms with Gasteiger partial charge in [-0.15, -0.1) is 0 Å². The number of aryl methyl sites for hydroxylation is 1. The Morgan fingerprint density at radius 3 is 2.64 bits per heavy atom. The van der Waals surface area contributed by atoms with Gasteiger partial charge in [-0.25, -0.2) is 9.97 Å². The molecule has 0 radical (unpaired) electrons. The fraction of sp³-hybridized carbons (Fsp3) is 0.333. The van der Waals surface area contributed by atoms with Crippen LogP contribution in [-0.4, -0.2) is 56.4 Å². The van der Waals surface area contributed by atoms with Gasteiger partial charge in [0.25, 0.3) is 11.8 Å². The van der Waals surface area contributed by atoms with Crippen LogP contribution in [0.15, 0.2) is 48.9 Å². The second kappa shape index (κ2) is 10.3. The molecule has 0 bridgehead atoms. The first-order valence-electron chi connectivity index (χ1n) is 10.8. The lowest BCUT2D eigenvalue weighted by Gasteiger charge is -2.20. The Morgan fingerprint density at radius 1 is 1.12 bits per heavy atom. The van der Waals surface area contributed by atoms with Gasteiger partial charge in [0, 0.05) is 32.6 Å². The van der Waals surface area contributed by atoms with Crippen molar-refractivity contribution in [3.05, 3.63) is 71.6 Å². The molecule has 1 atom stereocenters. The van der Waals surface area contributed by atoms with Gasteiger partial charge in [0.05, 0.1) is 24.0 Å². The Kier molecular flexibility index (Phi) is 6.99. The lowest BCUT2D eigenvalue weighted by atomic mass is 10.1. The fourth-order valence-electron chi connectivity index (χ4n) is 3.55. The standard InChI is InChI=1S/C24H26N6O3/c1-16-11-26-19(14-25-16)22-18(23(31)28-12-17-7-4-3-5-8-17)13-27-21(29-22)15-30(2)24(32)20-9-6-10-33-20/h3-5,7-8,11,13-14,20H,6,9-10,12,15H2,1-2H3,(H,28,31). The SMILES string of the molecule is Cc1cnc(-c2nc(CN(C)C(=O)C3CCCO3)ncc2C(=O)NCc2ccccc2)cn1. The predicted molar refractivity (Wildman–Crippen MR) is 121 cm³/mol. The highest BCUT2D eigenvalue weighted by molar-refractivity contribution is 5.99. The molecule has 3 aromatic rings. The van der Waals surface area contributed by atoms with E-state index in [1.54, 1.807) is 24.3 Å². The molecule has 1 fully saturated rings. The summed E-state index contributed by atoms with van der Waals surface area (Å²) in [5.41, 5.74) is 2.86. The van der Waals surface area contributed by atoms with Crippen LogP contribution in [0.25, 0.3) is 11.4 Å². The molecule has 1 aliphatic heterocycles. The lowest BCUT2D eigenvalue weighted by molar-refractivity contribution is -0.140. The van der Waals surface area contributed by atoms with Crippen LogP contribution >= 0.6 is 0 Å². The Labute approximate surface area is 192 Å². The van der Waals surface area contributed by atoms with Gasteiger partial charge in [-0.1, -0.05) is 30.3 Å². The first kappa shape index (κ1) is 22.5. The number of carbonyl (C=O) groups is 2. The summed E-state index contributed by atoms with van der Waals surface area (Å²) in [5.74, 6) is -0.00939. The molecule has 1 unspecified atom stereocenters. The fourth-order valence-corrected chi connectivity index (χ4v) is 3.55. The van der Waals surface area contributed by atoms with Gasteiger partial charge in [-0.3, -0.25) is 19.6 Å². The molecule has 33 heavy (non-hydrogen) atoms. The molecule has 9 heteroatoms. The zero-order chi connectivity index (χ0) is 23.2. The molecule has 9 nitrogen and oxygen atoms in total. The summed E-state index contributed by atoms with van der Waals surface area (Å²) in [6, 6.07) is 9.63. The first-order valence-corrected chi connectivity index (χ1v) is 10.8. The molecule has 2 aromatic heterocycles. The minimum Gasteiger partial charge on any atom is -0.368 e. The number of nitrogens with zero attached hydrogens (tertiary/aromatic N) is 5. The second-order valence-electron chi connectivity index (χ2n) is 7.96. The first-order chi connectivity index (χ1) is 16.0. The lowest BCUT2D eigenvalue weighted by Crippen LogP contribution is -2.36.